The van der Waals surface area contributed by atoms with Gasteiger partial charge in [-0.25, -0.2) is 8.78 Å². The van der Waals surface area contributed by atoms with Crippen LogP contribution in [-0.4, -0.2) is 24.1 Å². The Balaban J connectivity index is 1.80. The Morgan fingerprint density at radius 2 is 1.94 bits per heavy atom. The van der Waals surface area contributed by atoms with E-state index in [1.54, 1.807) is 25.4 Å². The molecule has 8 heteroatoms. The van der Waals surface area contributed by atoms with Gasteiger partial charge in [-0.3, -0.25) is 4.79 Å². The second kappa shape index (κ2) is 8.66. The zero-order chi connectivity index (χ0) is 24.9. The Labute approximate surface area is 206 Å². The van der Waals surface area contributed by atoms with Crippen LogP contribution in [0.2, 0.25) is 5.02 Å². The number of carbonyl (C=O) groups is 1. The first-order chi connectivity index (χ1) is 16.8. The van der Waals surface area contributed by atoms with Crippen LogP contribution in [0.15, 0.2) is 54.7 Å². The molecule has 3 aromatic carbocycles. The molecule has 0 saturated heterocycles. The maximum Gasteiger partial charge on any atom is 0.249 e. The molecule has 5 nitrogen and oxygen atoms in total. The van der Waals surface area contributed by atoms with E-state index in [2.05, 4.69) is 5.32 Å². The molecule has 3 N–H and O–H groups in total. The van der Waals surface area contributed by atoms with Crippen LogP contribution in [0.1, 0.15) is 28.4 Å². The molecule has 1 aliphatic heterocycles. The van der Waals surface area contributed by atoms with Crippen molar-refractivity contribution in [2.45, 2.75) is 25.5 Å². The molecule has 1 amide bonds. The van der Waals surface area contributed by atoms with Gasteiger partial charge >= 0.3 is 0 Å². The zero-order valence-corrected chi connectivity index (χ0v) is 20.0. The summed E-state index contributed by atoms with van der Waals surface area (Å²) in [6.07, 6.45) is 2.02. The maximum atomic E-state index is 16.1. The molecule has 0 radical (unpaired) electrons. The predicted octanol–water partition coefficient (Wildman–Crippen LogP) is 5.41. The third kappa shape index (κ3) is 3.58. The molecule has 0 unspecified atom stereocenters. The van der Waals surface area contributed by atoms with Gasteiger partial charge in [0.05, 0.1) is 16.1 Å². The summed E-state index contributed by atoms with van der Waals surface area (Å²) in [7, 11) is 1.79. The summed E-state index contributed by atoms with van der Waals surface area (Å²) in [5.41, 5.74) is 6.66. The monoisotopic (exact) mass is 495 g/mol. The average Bonchev–Trinajstić information content (AvgIpc) is 3.43. The van der Waals surface area contributed by atoms with Gasteiger partial charge in [0.1, 0.15) is 17.4 Å². The van der Waals surface area contributed by atoms with Crippen LogP contribution in [0.4, 0.5) is 8.78 Å². The minimum Gasteiger partial charge on any atom is -0.480 e. The lowest BCUT2D eigenvalue weighted by molar-refractivity contribution is 0.0940. The summed E-state index contributed by atoms with van der Waals surface area (Å²) in [6.45, 7) is 2.90. The van der Waals surface area contributed by atoms with Crippen molar-refractivity contribution in [3.05, 3.63) is 88.1 Å². The van der Waals surface area contributed by atoms with E-state index in [0.29, 0.717) is 29.6 Å². The summed E-state index contributed by atoms with van der Waals surface area (Å²) in [4.78, 5) is 12.5. The standard InChI is InChI=1S/C27H24ClF2N3O2/c1-3-33-10-9-16-20(33)11-17(26(31)34)23(25(16)30)22-18-13-27(14-32-2,15-7-5-4-6-8-15)35-21(18)12-19(29)24(22)28/h4-12,32H,3,13-14H2,1-2H3,(H2,31,34)/t27-/m1/s1. The molecule has 0 aliphatic carbocycles. The summed E-state index contributed by atoms with van der Waals surface area (Å²) in [5.74, 6) is -2.02. The van der Waals surface area contributed by atoms with Crippen LogP contribution in [-0.2, 0) is 18.6 Å². The summed E-state index contributed by atoms with van der Waals surface area (Å²) in [6, 6.07) is 13.9. The minimum absolute atomic E-state index is 0.0658. The number of halogens is 3. The fourth-order valence-electron chi connectivity index (χ4n) is 5.10. The second-order valence-electron chi connectivity index (χ2n) is 8.71. The molecule has 1 aliphatic rings. The number of aromatic nitrogens is 1. The molecular weight excluding hydrogens is 472 g/mol. The third-order valence-corrected chi connectivity index (χ3v) is 7.05. The summed E-state index contributed by atoms with van der Waals surface area (Å²) < 4.78 is 39.4. The molecule has 1 aromatic heterocycles. The predicted molar refractivity (Wildman–Crippen MR) is 133 cm³/mol. The first kappa shape index (κ1) is 23.3. The summed E-state index contributed by atoms with van der Waals surface area (Å²) >= 11 is 6.49. The maximum absolute atomic E-state index is 16.1. The van der Waals surface area contributed by atoms with Gasteiger partial charge in [-0.15, -0.1) is 0 Å². The molecule has 180 valence electrons. The van der Waals surface area contributed by atoms with E-state index in [0.717, 1.165) is 5.56 Å². The van der Waals surface area contributed by atoms with Crippen molar-refractivity contribution in [3.8, 4) is 16.9 Å². The van der Waals surface area contributed by atoms with Gasteiger partial charge in [-0.05, 0) is 31.7 Å². The van der Waals surface area contributed by atoms with Crippen LogP contribution >= 0.6 is 11.6 Å². The summed E-state index contributed by atoms with van der Waals surface area (Å²) in [5, 5.41) is 3.16. The number of likely N-dealkylation sites (N-methyl/N-ethyl adjacent to an activating group) is 1. The molecule has 2 heterocycles. The number of hydrogen-bond acceptors (Lipinski definition) is 3. The molecule has 4 aromatic rings. The highest BCUT2D eigenvalue weighted by molar-refractivity contribution is 6.34. The Morgan fingerprint density at radius 3 is 2.60 bits per heavy atom. The number of nitrogens with one attached hydrogen (secondary N) is 1. The fraction of sp³-hybridized carbons (Fsp3) is 0.222. The number of primary amides is 1. The number of amides is 1. The van der Waals surface area contributed by atoms with E-state index >= 15 is 8.78 Å². The molecule has 1 atom stereocenters. The Bertz CT molecular complexity index is 1470. The number of fused-ring (bicyclic) bond motifs is 2. The lowest BCUT2D eigenvalue weighted by Crippen LogP contribution is -2.41. The molecule has 0 fully saturated rings. The largest absolute Gasteiger partial charge is 0.480 e. The SMILES string of the molecule is CCn1ccc2c(F)c(-c3c(Cl)c(F)cc4c3C[C@@](CNC)(c3ccccc3)O4)c(C(N)=O)cc21. The van der Waals surface area contributed by atoms with Gasteiger partial charge in [-0.1, -0.05) is 41.9 Å². The van der Waals surface area contributed by atoms with Crippen molar-refractivity contribution >= 4 is 28.4 Å². The molecule has 5 rings (SSSR count). The second-order valence-corrected chi connectivity index (χ2v) is 9.08. The van der Waals surface area contributed by atoms with Crippen molar-refractivity contribution in [3.63, 3.8) is 0 Å². The van der Waals surface area contributed by atoms with Gasteiger partial charge in [0, 0.05) is 53.9 Å². The van der Waals surface area contributed by atoms with E-state index in [4.69, 9.17) is 22.1 Å². The van der Waals surface area contributed by atoms with Crippen molar-refractivity contribution in [1.29, 1.82) is 0 Å². The smallest absolute Gasteiger partial charge is 0.249 e. The topological polar surface area (TPSA) is 69.3 Å². The van der Waals surface area contributed by atoms with Crippen molar-refractivity contribution in [1.82, 2.24) is 9.88 Å². The van der Waals surface area contributed by atoms with Crippen LogP contribution in [0, 0.1) is 11.6 Å². The van der Waals surface area contributed by atoms with E-state index in [1.807, 2.05) is 41.8 Å². The number of benzene rings is 3. The minimum atomic E-state index is -0.872. The Kier molecular flexibility index (Phi) is 5.77. The zero-order valence-electron chi connectivity index (χ0n) is 19.3. The van der Waals surface area contributed by atoms with Crippen molar-refractivity contribution < 1.29 is 18.3 Å². The lowest BCUT2D eigenvalue weighted by Gasteiger charge is -2.29. The fourth-order valence-corrected chi connectivity index (χ4v) is 5.36. The Morgan fingerprint density at radius 1 is 1.20 bits per heavy atom. The van der Waals surface area contributed by atoms with Crippen LogP contribution < -0.4 is 15.8 Å². The highest BCUT2D eigenvalue weighted by Gasteiger charge is 2.43. The highest BCUT2D eigenvalue weighted by Crippen LogP contribution is 2.50. The molecule has 35 heavy (non-hydrogen) atoms. The van der Waals surface area contributed by atoms with Crippen LogP contribution in [0.3, 0.4) is 0 Å². The third-order valence-electron chi connectivity index (χ3n) is 6.69. The molecule has 0 bridgehead atoms. The lowest BCUT2D eigenvalue weighted by atomic mass is 9.85. The van der Waals surface area contributed by atoms with Gasteiger partial charge in [0.25, 0.3) is 0 Å². The van der Waals surface area contributed by atoms with Crippen molar-refractivity contribution in [2.75, 3.05) is 13.6 Å². The number of carbonyl (C=O) groups excluding carboxylic acids is 1. The van der Waals surface area contributed by atoms with E-state index < -0.39 is 23.1 Å². The van der Waals surface area contributed by atoms with E-state index in [9.17, 15) is 4.79 Å². The quantitative estimate of drug-likeness (QED) is 0.376. The first-order valence-electron chi connectivity index (χ1n) is 11.3. The normalized spacial score (nSPS) is 16.9. The number of rotatable bonds is 6. The number of hydrogen-bond donors (Lipinski definition) is 2. The average molecular weight is 496 g/mol. The highest BCUT2D eigenvalue weighted by atomic mass is 35.5. The van der Waals surface area contributed by atoms with Crippen molar-refractivity contribution in [2.24, 2.45) is 5.73 Å². The number of nitrogens with two attached hydrogens (primary N) is 1. The number of ether oxygens (including phenoxy) is 1. The van der Waals surface area contributed by atoms with E-state index in [1.165, 1.54) is 6.07 Å². The van der Waals surface area contributed by atoms with Gasteiger partial charge < -0.3 is 20.4 Å². The molecule has 0 saturated carbocycles. The molecular formula is C27H24ClF2N3O2. The molecule has 0 spiro atoms. The number of aryl methyl sites for hydroxylation is 1. The van der Waals surface area contributed by atoms with E-state index in [-0.39, 0.29) is 33.9 Å². The van der Waals surface area contributed by atoms with Crippen LogP contribution in [0.5, 0.6) is 5.75 Å². The first-order valence-corrected chi connectivity index (χ1v) is 11.7. The van der Waals surface area contributed by atoms with Crippen LogP contribution in [0.25, 0.3) is 22.0 Å². The van der Waals surface area contributed by atoms with Gasteiger partial charge in [0.15, 0.2) is 5.60 Å². The van der Waals surface area contributed by atoms with Gasteiger partial charge in [0.2, 0.25) is 5.91 Å². The van der Waals surface area contributed by atoms with Gasteiger partial charge in [-0.2, -0.15) is 0 Å². The Hall–Kier alpha value is -3.42. The number of nitrogens with zero attached hydrogens (tertiary/aromatic N) is 1.